The molecule has 1 aromatic rings. The van der Waals surface area contributed by atoms with Gasteiger partial charge in [0.25, 0.3) is 0 Å². The number of rotatable bonds is 2. The van der Waals surface area contributed by atoms with Crippen LogP contribution in [-0.2, 0) is 13.0 Å². The number of hydrogen-bond acceptors (Lipinski definition) is 2. The summed E-state index contributed by atoms with van der Waals surface area (Å²) < 4.78 is 0. The van der Waals surface area contributed by atoms with Crippen LogP contribution in [0.3, 0.4) is 0 Å². The SMILES string of the molecule is CC(C1CNC1)N1CCc2ccccc2C1. The van der Waals surface area contributed by atoms with E-state index in [0.29, 0.717) is 0 Å². The summed E-state index contributed by atoms with van der Waals surface area (Å²) in [6.45, 7) is 7.18. The van der Waals surface area contributed by atoms with Crippen LogP contribution >= 0.6 is 0 Å². The number of nitrogens with one attached hydrogen (secondary N) is 1. The number of benzene rings is 1. The van der Waals surface area contributed by atoms with Gasteiger partial charge in [-0.25, -0.2) is 0 Å². The quantitative estimate of drug-likeness (QED) is 0.808. The van der Waals surface area contributed by atoms with E-state index in [4.69, 9.17) is 0 Å². The van der Waals surface area contributed by atoms with Gasteiger partial charge in [-0.2, -0.15) is 0 Å². The highest BCUT2D eigenvalue weighted by molar-refractivity contribution is 5.29. The molecule has 16 heavy (non-hydrogen) atoms. The van der Waals surface area contributed by atoms with Crippen LogP contribution in [0, 0.1) is 5.92 Å². The van der Waals surface area contributed by atoms with Crippen molar-refractivity contribution in [2.75, 3.05) is 19.6 Å². The third-order valence-corrected chi connectivity index (χ3v) is 4.23. The summed E-state index contributed by atoms with van der Waals surface area (Å²) in [4.78, 5) is 2.65. The zero-order valence-corrected chi connectivity index (χ0v) is 9.95. The summed E-state index contributed by atoms with van der Waals surface area (Å²) in [5, 5.41) is 3.37. The highest BCUT2D eigenvalue weighted by atomic mass is 15.2. The zero-order chi connectivity index (χ0) is 11.0. The van der Waals surface area contributed by atoms with E-state index in [1.165, 1.54) is 31.6 Å². The van der Waals surface area contributed by atoms with Crippen molar-refractivity contribution in [2.24, 2.45) is 5.92 Å². The Labute approximate surface area is 97.6 Å². The highest BCUT2D eigenvalue weighted by Crippen LogP contribution is 2.24. The maximum Gasteiger partial charge on any atom is 0.0239 e. The average molecular weight is 216 g/mol. The number of nitrogens with zero attached hydrogens (tertiary/aromatic N) is 1. The van der Waals surface area contributed by atoms with Crippen LogP contribution in [0.4, 0.5) is 0 Å². The van der Waals surface area contributed by atoms with Gasteiger partial charge in [0.1, 0.15) is 0 Å². The molecular formula is C14H20N2. The number of hydrogen-bond donors (Lipinski definition) is 1. The monoisotopic (exact) mass is 216 g/mol. The summed E-state index contributed by atoms with van der Waals surface area (Å²) in [6.07, 6.45) is 1.22. The van der Waals surface area contributed by atoms with Crippen LogP contribution in [0.2, 0.25) is 0 Å². The fourth-order valence-corrected chi connectivity index (χ4v) is 2.82. The first-order valence-corrected chi connectivity index (χ1v) is 6.36. The first-order chi connectivity index (χ1) is 7.84. The topological polar surface area (TPSA) is 15.3 Å². The maximum absolute atomic E-state index is 3.37. The second-order valence-electron chi connectivity index (χ2n) is 5.15. The first-order valence-electron chi connectivity index (χ1n) is 6.36. The van der Waals surface area contributed by atoms with Crippen molar-refractivity contribution in [1.29, 1.82) is 0 Å². The molecule has 2 aliphatic heterocycles. The molecule has 1 unspecified atom stereocenters. The fourth-order valence-electron chi connectivity index (χ4n) is 2.82. The van der Waals surface area contributed by atoms with E-state index in [1.807, 2.05) is 0 Å². The average Bonchev–Trinajstić information content (AvgIpc) is 2.26. The Morgan fingerprint density at radius 1 is 1.25 bits per heavy atom. The molecule has 1 N–H and O–H groups in total. The predicted molar refractivity (Wildman–Crippen MR) is 66.4 cm³/mol. The largest absolute Gasteiger partial charge is 0.316 e. The van der Waals surface area contributed by atoms with Crippen LogP contribution in [0.1, 0.15) is 18.1 Å². The van der Waals surface area contributed by atoms with Gasteiger partial charge in [-0.05, 0) is 30.4 Å². The molecule has 86 valence electrons. The minimum absolute atomic E-state index is 0.731. The van der Waals surface area contributed by atoms with Gasteiger partial charge in [0.15, 0.2) is 0 Å². The molecular weight excluding hydrogens is 196 g/mol. The Kier molecular flexibility index (Phi) is 2.70. The summed E-state index contributed by atoms with van der Waals surface area (Å²) >= 11 is 0. The standard InChI is InChI=1S/C14H20N2/c1-11(14-8-15-9-14)16-7-6-12-4-2-3-5-13(12)10-16/h2-5,11,14-15H,6-10H2,1H3. The predicted octanol–water partition coefficient (Wildman–Crippen LogP) is 1.65. The Morgan fingerprint density at radius 2 is 2.00 bits per heavy atom. The van der Waals surface area contributed by atoms with Gasteiger partial charge in [0, 0.05) is 32.2 Å². The maximum atomic E-state index is 3.37. The fraction of sp³-hybridized carbons (Fsp3) is 0.571. The molecule has 0 saturated carbocycles. The van der Waals surface area contributed by atoms with Crippen molar-refractivity contribution in [2.45, 2.75) is 25.9 Å². The molecule has 0 bridgehead atoms. The lowest BCUT2D eigenvalue weighted by molar-refractivity contribution is 0.109. The molecule has 3 rings (SSSR count). The van der Waals surface area contributed by atoms with E-state index >= 15 is 0 Å². The molecule has 2 nitrogen and oxygen atoms in total. The smallest absolute Gasteiger partial charge is 0.0239 e. The molecule has 1 atom stereocenters. The second-order valence-corrected chi connectivity index (χ2v) is 5.15. The molecule has 1 aromatic carbocycles. The van der Waals surface area contributed by atoms with Gasteiger partial charge < -0.3 is 5.32 Å². The molecule has 0 spiro atoms. The van der Waals surface area contributed by atoms with E-state index < -0.39 is 0 Å². The molecule has 2 heterocycles. The summed E-state index contributed by atoms with van der Waals surface area (Å²) in [7, 11) is 0. The van der Waals surface area contributed by atoms with Crippen LogP contribution in [0.5, 0.6) is 0 Å². The molecule has 1 fully saturated rings. The lowest BCUT2D eigenvalue weighted by Crippen LogP contribution is -2.54. The zero-order valence-electron chi connectivity index (χ0n) is 9.95. The normalized spacial score (nSPS) is 23.6. The van der Waals surface area contributed by atoms with Gasteiger partial charge in [-0.15, -0.1) is 0 Å². The minimum atomic E-state index is 0.731. The van der Waals surface area contributed by atoms with E-state index in [9.17, 15) is 0 Å². The van der Waals surface area contributed by atoms with Crippen LogP contribution < -0.4 is 5.32 Å². The van der Waals surface area contributed by atoms with Crippen LogP contribution in [0.25, 0.3) is 0 Å². The summed E-state index contributed by atoms with van der Waals surface area (Å²) in [5.41, 5.74) is 3.09. The molecule has 1 saturated heterocycles. The van der Waals surface area contributed by atoms with Crippen molar-refractivity contribution < 1.29 is 0 Å². The van der Waals surface area contributed by atoms with Crippen molar-refractivity contribution >= 4 is 0 Å². The van der Waals surface area contributed by atoms with Crippen molar-refractivity contribution in [3.63, 3.8) is 0 Å². The Hall–Kier alpha value is -0.860. The van der Waals surface area contributed by atoms with Gasteiger partial charge in [0.2, 0.25) is 0 Å². The molecule has 0 radical (unpaired) electrons. The van der Waals surface area contributed by atoms with Gasteiger partial charge in [-0.3, -0.25) is 4.90 Å². The van der Waals surface area contributed by atoms with Gasteiger partial charge >= 0.3 is 0 Å². The lowest BCUT2D eigenvalue weighted by Gasteiger charge is -2.41. The molecule has 0 aliphatic carbocycles. The van der Waals surface area contributed by atoms with Crippen molar-refractivity contribution in [1.82, 2.24) is 10.2 Å². The molecule has 0 amide bonds. The highest BCUT2D eigenvalue weighted by Gasteiger charge is 2.29. The summed E-state index contributed by atoms with van der Waals surface area (Å²) in [5.74, 6) is 0.866. The van der Waals surface area contributed by atoms with E-state index in [-0.39, 0.29) is 0 Å². The third kappa shape index (κ3) is 1.76. The Balaban J connectivity index is 1.72. The molecule has 0 aromatic heterocycles. The van der Waals surface area contributed by atoms with Crippen LogP contribution in [0.15, 0.2) is 24.3 Å². The van der Waals surface area contributed by atoms with Gasteiger partial charge in [0.05, 0.1) is 0 Å². The third-order valence-electron chi connectivity index (χ3n) is 4.23. The summed E-state index contributed by atoms with van der Waals surface area (Å²) in [6, 6.07) is 9.62. The van der Waals surface area contributed by atoms with Crippen molar-refractivity contribution in [3.05, 3.63) is 35.4 Å². The Morgan fingerprint density at radius 3 is 2.69 bits per heavy atom. The van der Waals surface area contributed by atoms with Crippen molar-refractivity contribution in [3.8, 4) is 0 Å². The van der Waals surface area contributed by atoms with E-state index in [0.717, 1.165) is 18.5 Å². The second kappa shape index (κ2) is 4.19. The molecule has 2 aliphatic rings. The van der Waals surface area contributed by atoms with E-state index in [2.05, 4.69) is 41.4 Å². The Bertz CT molecular complexity index is 371. The first kappa shape index (κ1) is 10.3. The van der Waals surface area contributed by atoms with E-state index in [1.54, 1.807) is 5.56 Å². The molecule has 2 heteroatoms. The minimum Gasteiger partial charge on any atom is -0.316 e. The van der Waals surface area contributed by atoms with Gasteiger partial charge in [-0.1, -0.05) is 24.3 Å². The lowest BCUT2D eigenvalue weighted by atomic mass is 9.91. The van der Waals surface area contributed by atoms with Crippen LogP contribution in [-0.4, -0.2) is 30.6 Å². The number of fused-ring (bicyclic) bond motifs is 1.